The van der Waals surface area contributed by atoms with Crippen molar-refractivity contribution in [1.29, 1.82) is 0 Å². The molecule has 3 heterocycles. The van der Waals surface area contributed by atoms with Gasteiger partial charge in [0.15, 0.2) is 5.69 Å². The monoisotopic (exact) mass is 392 g/mol. The summed E-state index contributed by atoms with van der Waals surface area (Å²) in [4.78, 5) is 54.9. The van der Waals surface area contributed by atoms with Crippen molar-refractivity contribution in [2.24, 2.45) is 5.92 Å². The van der Waals surface area contributed by atoms with E-state index in [0.717, 1.165) is 17.7 Å². The summed E-state index contributed by atoms with van der Waals surface area (Å²) in [5.41, 5.74) is -2.29. The number of hydrogen-bond donors (Lipinski definition) is 2. The Hall–Kier alpha value is -2.91. The van der Waals surface area contributed by atoms with Crippen LogP contribution in [0.25, 0.3) is 0 Å². The fourth-order valence-corrected chi connectivity index (χ4v) is 3.91. The molecular weight excluding hydrogens is 368 g/mol. The number of amides is 2. The Morgan fingerprint density at radius 3 is 2.54 bits per heavy atom. The van der Waals surface area contributed by atoms with Gasteiger partial charge in [-0.25, -0.2) is 9.78 Å². The van der Waals surface area contributed by atoms with Gasteiger partial charge in [-0.15, -0.1) is 0 Å². The van der Waals surface area contributed by atoms with E-state index in [-0.39, 0.29) is 18.3 Å². The fourth-order valence-electron chi connectivity index (χ4n) is 3.91. The number of rotatable bonds is 3. The van der Waals surface area contributed by atoms with Crippen molar-refractivity contribution >= 4 is 17.8 Å². The van der Waals surface area contributed by atoms with Crippen molar-refractivity contribution in [2.45, 2.75) is 44.7 Å². The van der Waals surface area contributed by atoms with Crippen molar-refractivity contribution in [2.75, 3.05) is 20.7 Å². The van der Waals surface area contributed by atoms with Crippen LogP contribution in [0.5, 0.6) is 5.75 Å². The summed E-state index contributed by atoms with van der Waals surface area (Å²) < 4.78 is 6.20. The van der Waals surface area contributed by atoms with E-state index >= 15 is 0 Å². The number of ether oxygens (including phenoxy) is 1. The predicted octanol–water partition coefficient (Wildman–Crippen LogP) is -0.271. The van der Waals surface area contributed by atoms with Gasteiger partial charge < -0.3 is 20.1 Å². The van der Waals surface area contributed by atoms with Gasteiger partial charge in [0.05, 0.1) is 12.1 Å². The number of carbonyl (C=O) groups is 3. The summed E-state index contributed by atoms with van der Waals surface area (Å²) >= 11 is 0. The van der Waals surface area contributed by atoms with Crippen molar-refractivity contribution < 1.29 is 24.2 Å². The molecule has 2 N–H and O–H groups in total. The van der Waals surface area contributed by atoms with Crippen LogP contribution in [-0.2, 0) is 26.4 Å². The molecule has 1 fully saturated rings. The van der Waals surface area contributed by atoms with Crippen LogP contribution in [0.15, 0.2) is 4.79 Å². The minimum Gasteiger partial charge on any atom is -0.501 e. The number of carbonyl (C=O) groups excluding carboxylic acids is 3. The summed E-state index contributed by atoms with van der Waals surface area (Å²) in [5, 5.41) is 13.0. The highest BCUT2D eigenvalue weighted by atomic mass is 16.5. The molecule has 1 aromatic rings. The zero-order valence-electron chi connectivity index (χ0n) is 16.2. The summed E-state index contributed by atoms with van der Waals surface area (Å²) in [6.45, 7) is 1.98. The number of nitrogens with one attached hydrogen (secondary N) is 1. The first-order chi connectivity index (χ1) is 13.2. The van der Waals surface area contributed by atoms with E-state index in [1.54, 1.807) is 6.92 Å². The summed E-state index contributed by atoms with van der Waals surface area (Å²) in [7, 11) is 2.94. The molecule has 4 rings (SSSR count). The van der Waals surface area contributed by atoms with Crippen molar-refractivity contribution in [3.63, 3.8) is 0 Å². The van der Waals surface area contributed by atoms with Crippen LogP contribution >= 0.6 is 0 Å². The molecule has 0 aromatic carbocycles. The maximum Gasteiger partial charge on any atom is 0.361 e. The number of esters is 1. The molecule has 0 unspecified atom stereocenters. The highest BCUT2D eigenvalue weighted by molar-refractivity contribution is 6.35. The number of fused-ring (bicyclic) bond motifs is 2. The van der Waals surface area contributed by atoms with Gasteiger partial charge in [0.25, 0.3) is 5.56 Å². The van der Waals surface area contributed by atoms with Gasteiger partial charge in [0.2, 0.25) is 5.75 Å². The third-order valence-electron chi connectivity index (χ3n) is 5.39. The van der Waals surface area contributed by atoms with Crippen LogP contribution in [0.2, 0.25) is 0 Å². The van der Waals surface area contributed by atoms with Crippen LogP contribution in [0.1, 0.15) is 48.9 Å². The SMILES string of the molecule is CCOC(=O)c1nc2n(c(=O)c1O)CC1CCC2(NC(=O)C(=O)N(C)C)CC1. The molecule has 10 nitrogen and oxygen atoms in total. The maximum absolute atomic E-state index is 12.8. The number of likely N-dealkylation sites (N-methyl/N-ethyl adjacent to an activating group) is 1. The maximum atomic E-state index is 12.8. The zero-order valence-corrected chi connectivity index (χ0v) is 16.2. The Morgan fingerprint density at radius 2 is 1.96 bits per heavy atom. The molecule has 0 saturated heterocycles. The minimum absolute atomic E-state index is 0.0552. The third-order valence-corrected chi connectivity index (χ3v) is 5.39. The van der Waals surface area contributed by atoms with Gasteiger partial charge >= 0.3 is 17.8 Å². The first-order valence-electron chi connectivity index (χ1n) is 9.25. The van der Waals surface area contributed by atoms with E-state index in [9.17, 15) is 24.3 Å². The molecule has 1 saturated carbocycles. The van der Waals surface area contributed by atoms with Crippen molar-refractivity contribution in [3.05, 3.63) is 21.9 Å². The minimum atomic E-state index is -1.07. The summed E-state index contributed by atoms with van der Waals surface area (Å²) in [6, 6.07) is 0. The molecule has 0 spiro atoms. The van der Waals surface area contributed by atoms with E-state index in [0.29, 0.717) is 19.4 Å². The lowest BCUT2D eigenvalue weighted by atomic mass is 9.77. The highest BCUT2D eigenvalue weighted by Gasteiger charge is 2.46. The molecule has 1 aromatic heterocycles. The standard InChI is InChI=1S/C18H24N4O6/c1-4-28-16(27)11-12(23)14(25)22-9-10-5-7-18(8-6-10,17(22)19-11)20-13(24)15(26)21(2)3/h10,23H,4-9H2,1-3H3,(H,20,24). The Balaban J connectivity index is 2.14. The molecular formula is C18H24N4O6. The third kappa shape index (κ3) is 3.23. The van der Waals surface area contributed by atoms with E-state index in [1.807, 2.05) is 0 Å². The normalized spacial score (nSPS) is 22.8. The fraction of sp³-hybridized carbons (Fsp3) is 0.611. The first-order valence-corrected chi connectivity index (χ1v) is 9.25. The van der Waals surface area contributed by atoms with Crippen LogP contribution in [0.3, 0.4) is 0 Å². The Labute approximate surface area is 161 Å². The van der Waals surface area contributed by atoms with Gasteiger partial charge in [-0.2, -0.15) is 0 Å². The molecule has 28 heavy (non-hydrogen) atoms. The second-order valence-corrected chi connectivity index (χ2v) is 7.45. The summed E-state index contributed by atoms with van der Waals surface area (Å²) in [6.07, 6.45) is 2.39. The van der Waals surface area contributed by atoms with E-state index in [4.69, 9.17) is 4.74 Å². The van der Waals surface area contributed by atoms with Crippen molar-refractivity contribution in [1.82, 2.24) is 19.8 Å². The second kappa shape index (κ2) is 7.25. The molecule has 152 valence electrons. The molecule has 1 aliphatic carbocycles. The van der Waals surface area contributed by atoms with Gasteiger partial charge in [-0.05, 0) is 38.5 Å². The van der Waals surface area contributed by atoms with Crippen molar-refractivity contribution in [3.8, 4) is 5.75 Å². The largest absolute Gasteiger partial charge is 0.501 e. The molecule has 10 heteroatoms. The lowest BCUT2D eigenvalue weighted by molar-refractivity contribution is -0.145. The molecule has 0 radical (unpaired) electrons. The van der Waals surface area contributed by atoms with Gasteiger partial charge in [0, 0.05) is 20.6 Å². The average molecular weight is 392 g/mol. The first kappa shape index (κ1) is 19.8. The van der Waals surface area contributed by atoms with Crippen LogP contribution in [-0.4, -0.2) is 58.0 Å². The van der Waals surface area contributed by atoms with E-state index in [1.165, 1.54) is 18.7 Å². The quantitative estimate of drug-likeness (QED) is 0.535. The number of hydrogen-bond acceptors (Lipinski definition) is 7. The summed E-state index contributed by atoms with van der Waals surface area (Å²) in [5.74, 6) is -2.85. The van der Waals surface area contributed by atoms with E-state index < -0.39 is 40.3 Å². The highest BCUT2D eigenvalue weighted by Crippen LogP contribution is 2.42. The topological polar surface area (TPSA) is 131 Å². The second-order valence-electron chi connectivity index (χ2n) is 7.45. The molecule has 2 aliphatic heterocycles. The van der Waals surface area contributed by atoms with E-state index in [2.05, 4.69) is 10.3 Å². The average Bonchev–Trinajstić information content (AvgIpc) is 2.90. The Morgan fingerprint density at radius 1 is 1.32 bits per heavy atom. The van der Waals surface area contributed by atoms with Gasteiger partial charge in [0.1, 0.15) is 5.82 Å². The Kier molecular flexibility index (Phi) is 5.14. The van der Waals surface area contributed by atoms with Crippen LogP contribution in [0, 0.1) is 5.92 Å². The Bertz CT molecular complexity index is 883. The molecule has 2 amide bonds. The number of aromatic nitrogens is 2. The lowest BCUT2D eigenvalue weighted by Gasteiger charge is -2.37. The predicted molar refractivity (Wildman–Crippen MR) is 96.6 cm³/mol. The molecule has 0 atom stereocenters. The number of aromatic hydroxyl groups is 1. The van der Waals surface area contributed by atoms with Crippen LogP contribution < -0.4 is 10.9 Å². The molecule has 2 bridgehead atoms. The van der Waals surface area contributed by atoms with Crippen LogP contribution in [0.4, 0.5) is 0 Å². The van der Waals surface area contributed by atoms with Gasteiger partial charge in [-0.3, -0.25) is 19.0 Å². The zero-order chi connectivity index (χ0) is 20.6. The smallest absolute Gasteiger partial charge is 0.361 e. The lowest BCUT2D eigenvalue weighted by Crippen LogP contribution is -2.53. The van der Waals surface area contributed by atoms with Gasteiger partial charge in [-0.1, -0.05) is 0 Å². The number of nitrogens with zero attached hydrogens (tertiary/aromatic N) is 3. The molecule has 3 aliphatic rings.